The van der Waals surface area contributed by atoms with Gasteiger partial charge in [-0.1, -0.05) is 29.8 Å². The Morgan fingerprint density at radius 1 is 1.24 bits per heavy atom. The van der Waals surface area contributed by atoms with E-state index in [1.165, 1.54) is 0 Å². The van der Waals surface area contributed by atoms with Crippen molar-refractivity contribution in [2.24, 2.45) is 0 Å². The van der Waals surface area contributed by atoms with E-state index in [0.717, 1.165) is 11.1 Å². The molecule has 0 aromatic heterocycles. The molecule has 0 spiro atoms. The smallest absolute Gasteiger partial charge is 0.262 e. The molecular formula is C16H16ClNO3. The van der Waals surface area contributed by atoms with Crippen molar-refractivity contribution in [1.82, 2.24) is 0 Å². The Hall–Kier alpha value is -2.04. The number of aryl methyl sites for hydroxylation is 1. The lowest BCUT2D eigenvalue weighted by Gasteiger charge is -2.09. The van der Waals surface area contributed by atoms with E-state index in [-0.39, 0.29) is 19.1 Å². The number of benzene rings is 2. The number of hydrogen-bond donors (Lipinski definition) is 2. The van der Waals surface area contributed by atoms with E-state index in [0.29, 0.717) is 16.5 Å². The van der Waals surface area contributed by atoms with Gasteiger partial charge in [0.25, 0.3) is 5.91 Å². The molecule has 2 aromatic carbocycles. The number of hydrogen-bond acceptors (Lipinski definition) is 3. The van der Waals surface area contributed by atoms with Crippen LogP contribution in [-0.2, 0) is 11.4 Å². The highest BCUT2D eigenvalue weighted by atomic mass is 35.5. The lowest BCUT2D eigenvalue weighted by atomic mass is 10.2. The van der Waals surface area contributed by atoms with Crippen LogP contribution in [0.15, 0.2) is 42.5 Å². The maximum atomic E-state index is 11.8. The van der Waals surface area contributed by atoms with Crippen LogP contribution in [0.2, 0.25) is 5.02 Å². The Morgan fingerprint density at radius 3 is 2.57 bits per heavy atom. The first kappa shape index (κ1) is 15.4. The van der Waals surface area contributed by atoms with Crippen LogP contribution in [0, 0.1) is 6.92 Å². The minimum Gasteiger partial charge on any atom is -0.484 e. The molecular weight excluding hydrogens is 290 g/mol. The maximum absolute atomic E-state index is 11.8. The van der Waals surface area contributed by atoms with Crippen LogP contribution in [0.3, 0.4) is 0 Å². The first-order chi connectivity index (χ1) is 10.1. The number of carbonyl (C=O) groups excluding carboxylic acids is 1. The molecule has 0 fully saturated rings. The second-order valence-corrected chi connectivity index (χ2v) is 5.01. The van der Waals surface area contributed by atoms with Crippen molar-refractivity contribution >= 4 is 23.2 Å². The minimum absolute atomic E-state index is 0.0189. The van der Waals surface area contributed by atoms with Crippen LogP contribution >= 0.6 is 11.6 Å². The molecule has 21 heavy (non-hydrogen) atoms. The third-order valence-electron chi connectivity index (χ3n) is 2.93. The normalized spacial score (nSPS) is 10.2. The average molecular weight is 306 g/mol. The van der Waals surface area contributed by atoms with Crippen molar-refractivity contribution in [3.8, 4) is 5.75 Å². The summed E-state index contributed by atoms with van der Waals surface area (Å²) >= 11 is 6.00. The van der Waals surface area contributed by atoms with Crippen LogP contribution in [0.5, 0.6) is 5.75 Å². The summed E-state index contributed by atoms with van der Waals surface area (Å²) < 4.78 is 5.37. The molecule has 0 unspecified atom stereocenters. The molecule has 0 saturated carbocycles. The zero-order valence-electron chi connectivity index (χ0n) is 11.6. The highest BCUT2D eigenvalue weighted by Crippen LogP contribution is 2.20. The molecule has 0 aliphatic heterocycles. The maximum Gasteiger partial charge on any atom is 0.262 e. The van der Waals surface area contributed by atoms with Crippen LogP contribution in [0.4, 0.5) is 5.69 Å². The summed E-state index contributed by atoms with van der Waals surface area (Å²) in [4.78, 5) is 11.8. The molecule has 2 N–H and O–H groups in total. The fourth-order valence-corrected chi connectivity index (χ4v) is 1.89. The van der Waals surface area contributed by atoms with Crippen molar-refractivity contribution in [3.63, 3.8) is 0 Å². The number of halogens is 1. The number of amides is 1. The fourth-order valence-electron chi connectivity index (χ4n) is 1.71. The molecule has 0 aliphatic rings. The average Bonchev–Trinajstić information content (AvgIpc) is 2.49. The van der Waals surface area contributed by atoms with E-state index in [1.807, 2.05) is 13.0 Å². The monoisotopic (exact) mass is 305 g/mol. The number of ether oxygens (including phenoxy) is 1. The lowest BCUT2D eigenvalue weighted by molar-refractivity contribution is -0.118. The molecule has 2 aromatic rings. The highest BCUT2D eigenvalue weighted by Gasteiger charge is 2.05. The minimum atomic E-state index is -0.263. The predicted octanol–water partition coefficient (Wildman–Crippen LogP) is 3.16. The second-order valence-electron chi connectivity index (χ2n) is 4.60. The summed E-state index contributed by atoms with van der Waals surface area (Å²) in [6, 6.07) is 12.2. The predicted molar refractivity (Wildman–Crippen MR) is 82.7 cm³/mol. The van der Waals surface area contributed by atoms with Gasteiger partial charge in [-0.05, 0) is 42.3 Å². The largest absolute Gasteiger partial charge is 0.484 e. The van der Waals surface area contributed by atoms with Gasteiger partial charge in [0.15, 0.2) is 6.61 Å². The van der Waals surface area contributed by atoms with E-state index < -0.39 is 0 Å². The van der Waals surface area contributed by atoms with Crippen molar-refractivity contribution in [2.45, 2.75) is 13.5 Å². The van der Waals surface area contributed by atoms with Crippen molar-refractivity contribution in [2.75, 3.05) is 11.9 Å². The fraction of sp³-hybridized carbons (Fsp3) is 0.188. The molecule has 4 nitrogen and oxygen atoms in total. The number of anilines is 1. The first-order valence-corrected chi connectivity index (χ1v) is 6.85. The molecule has 0 atom stereocenters. The molecule has 1 amide bonds. The molecule has 2 rings (SSSR count). The Bertz CT molecular complexity index is 626. The number of nitrogens with one attached hydrogen (secondary N) is 1. The van der Waals surface area contributed by atoms with Crippen molar-refractivity contribution in [3.05, 3.63) is 58.6 Å². The summed E-state index contributed by atoms with van der Waals surface area (Å²) in [6.07, 6.45) is 0. The van der Waals surface area contributed by atoms with Crippen LogP contribution in [0.1, 0.15) is 11.1 Å². The topological polar surface area (TPSA) is 58.6 Å². The molecule has 5 heteroatoms. The Morgan fingerprint density at radius 2 is 1.95 bits per heavy atom. The molecule has 0 aliphatic carbocycles. The van der Waals surface area contributed by atoms with Gasteiger partial charge >= 0.3 is 0 Å². The van der Waals surface area contributed by atoms with Gasteiger partial charge in [0.05, 0.1) is 6.61 Å². The van der Waals surface area contributed by atoms with E-state index >= 15 is 0 Å². The van der Waals surface area contributed by atoms with Crippen LogP contribution < -0.4 is 10.1 Å². The number of rotatable bonds is 5. The second kappa shape index (κ2) is 7.11. The van der Waals surface area contributed by atoms with Gasteiger partial charge in [0, 0.05) is 10.7 Å². The van der Waals surface area contributed by atoms with Gasteiger partial charge in [-0.25, -0.2) is 0 Å². The molecule has 0 saturated heterocycles. The summed E-state index contributed by atoms with van der Waals surface area (Å²) in [5, 5.41) is 12.3. The zero-order valence-corrected chi connectivity index (χ0v) is 12.4. The molecule has 0 heterocycles. The van der Waals surface area contributed by atoms with Gasteiger partial charge < -0.3 is 15.2 Å². The Balaban J connectivity index is 1.87. The standard InChI is InChI=1S/C16H16ClNO3/c1-11-2-5-13(8-15(11)17)18-16(20)10-21-14-6-3-12(9-19)4-7-14/h2-8,19H,9-10H2,1H3,(H,18,20). The third-order valence-corrected chi connectivity index (χ3v) is 3.34. The van der Waals surface area contributed by atoms with Crippen molar-refractivity contribution in [1.29, 1.82) is 0 Å². The lowest BCUT2D eigenvalue weighted by Crippen LogP contribution is -2.20. The zero-order chi connectivity index (χ0) is 15.2. The third kappa shape index (κ3) is 4.48. The molecule has 110 valence electrons. The summed E-state index contributed by atoms with van der Waals surface area (Å²) in [7, 11) is 0. The van der Waals surface area contributed by atoms with E-state index in [4.69, 9.17) is 21.4 Å². The van der Waals surface area contributed by atoms with Crippen LogP contribution in [0.25, 0.3) is 0 Å². The van der Waals surface area contributed by atoms with E-state index in [1.54, 1.807) is 36.4 Å². The van der Waals surface area contributed by atoms with Crippen molar-refractivity contribution < 1.29 is 14.6 Å². The summed E-state index contributed by atoms with van der Waals surface area (Å²) in [6.45, 7) is 1.78. The number of aliphatic hydroxyl groups excluding tert-OH is 1. The highest BCUT2D eigenvalue weighted by molar-refractivity contribution is 6.31. The Kier molecular flexibility index (Phi) is 5.20. The van der Waals surface area contributed by atoms with E-state index in [2.05, 4.69) is 5.32 Å². The van der Waals surface area contributed by atoms with Gasteiger partial charge in [-0.2, -0.15) is 0 Å². The van der Waals surface area contributed by atoms with Gasteiger partial charge in [-0.3, -0.25) is 4.79 Å². The Labute approximate surface area is 128 Å². The summed E-state index contributed by atoms with van der Waals surface area (Å²) in [5.41, 5.74) is 2.38. The van der Waals surface area contributed by atoms with Gasteiger partial charge in [0.1, 0.15) is 5.75 Å². The van der Waals surface area contributed by atoms with E-state index in [9.17, 15) is 4.79 Å². The molecule has 0 bridgehead atoms. The SMILES string of the molecule is Cc1ccc(NC(=O)COc2ccc(CO)cc2)cc1Cl. The number of aliphatic hydroxyl groups is 1. The quantitative estimate of drug-likeness (QED) is 0.892. The van der Waals surface area contributed by atoms with Gasteiger partial charge in [0.2, 0.25) is 0 Å². The first-order valence-electron chi connectivity index (χ1n) is 6.47. The summed E-state index contributed by atoms with van der Waals surface area (Å²) in [5.74, 6) is 0.311. The van der Waals surface area contributed by atoms with Crippen LogP contribution in [-0.4, -0.2) is 17.6 Å². The van der Waals surface area contributed by atoms with Gasteiger partial charge in [-0.15, -0.1) is 0 Å². The number of carbonyl (C=O) groups is 1. The molecule has 0 radical (unpaired) electrons.